The van der Waals surface area contributed by atoms with Crippen LogP contribution in [-0.4, -0.2) is 26.8 Å². The molecule has 0 saturated carbocycles. The van der Waals surface area contributed by atoms with E-state index >= 15 is 0 Å². The lowest BCUT2D eigenvalue weighted by molar-refractivity contribution is -0.118. The molecule has 7 heteroatoms. The van der Waals surface area contributed by atoms with E-state index in [1.165, 1.54) is 22.4 Å². The Bertz CT molecular complexity index is 1430. The number of rotatable bonds is 4. The zero-order chi connectivity index (χ0) is 23.1. The number of nitrogens with zero attached hydrogens (tertiary/aromatic N) is 3. The minimum absolute atomic E-state index is 0.0382. The number of halogens is 1. The summed E-state index contributed by atoms with van der Waals surface area (Å²) in [6, 6.07) is 21.0. The number of benzene rings is 3. The number of fused-ring (bicyclic) bond motifs is 2. The van der Waals surface area contributed by atoms with Crippen molar-refractivity contribution in [3.8, 4) is 5.69 Å². The maximum atomic E-state index is 14.7. The number of hydrogen-bond acceptors (Lipinski definition) is 4. The summed E-state index contributed by atoms with van der Waals surface area (Å²) in [6.07, 6.45) is 0.799. The maximum Gasteiger partial charge on any atom is 0.266 e. The maximum absolute atomic E-state index is 14.7. The molecular weight excluding hydrogens is 437 g/mol. The zero-order valence-electron chi connectivity index (χ0n) is 18.2. The second kappa shape index (κ2) is 8.48. The van der Waals surface area contributed by atoms with Crippen molar-refractivity contribution in [1.82, 2.24) is 9.55 Å². The molecule has 1 amide bonds. The van der Waals surface area contributed by atoms with Crippen LogP contribution in [0.1, 0.15) is 19.4 Å². The number of para-hydroxylation sites is 3. The lowest BCUT2D eigenvalue weighted by Gasteiger charge is -2.26. The van der Waals surface area contributed by atoms with Crippen LogP contribution in [0.2, 0.25) is 0 Å². The molecule has 0 aliphatic carbocycles. The summed E-state index contributed by atoms with van der Waals surface area (Å²) >= 11 is 1.17. The average molecular weight is 460 g/mol. The molecule has 33 heavy (non-hydrogen) atoms. The van der Waals surface area contributed by atoms with E-state index in [2.05, 4.69) is 4.98 Å². The molecule has 1 aliphatic heterocycles. The Morgan fingerprint density at radius 2 is 1.70 bits per heavy atom. The van der Waals surface area contributed by atoms with Crippen LogP contribution < -0.4 is 10.5 Å². The lowest BCUT2D eigenvalue weighted by atomic mass is 10.1. The third kappa shape index (κ3) is 3.72. The minimum Gasteiger partial charge on any atom is -0.308 e. The molecule has 2 atom stereocenters. The normalized spacial score (nSPS) is 16.1. The second-order valence-corrected chi connectivity index (χ2v) is 9.46. The first-order valence-corrected chi connectivity index (χ1v) is 11.7. The number of hydrogen-bond donors (Lipinski definition) is 0. The molecule has 0 N–H and O–H groups in total. The summed E-state index contributed by atoms with van der Waals surface area (Å²) < 4.78 is 16.0. The van der Waals surface area contributed by atoms with Gasteiger partial charge < -0.3 is 4.90 Å². The highest BCUT2D eigenvalue weighted by atomic mass is 32.2. The standard InChI is InChI=1S/C26H22FN3O2S/c1-16-15-18-9-3-7-13-22(18)29(16)24(31)17(2)33-26-28-21-12-6-4-10-19(21)25(32)30(26)23-14-8-5-11-20(23)27/h3-14,16-17H,15H2,1-2H3. The summed E-state index contributed by atoms with van der Waals surface area (Å²) in [6.45, 7) is 3.83. The van der Waals surface area contributed by atoms with Crippen LogP contribution in [-0.2, 0) is 11.2 Å². The second-order valence-electron chi connectivity index (χ2n) is 8.15. The number of thioether (sulfide) groups is 1. The monoisotopic (exact) mass is 459 g/mol. The first-order valence-electron chi connectivity index (χ1n) is 10.8. The molecule has 0 radical (unpaired) electrons. The van der Waals surface area contributed by atoms with E-state index in [4.69, 9.17) is 0 Å². The van der Waals surface area contributed by atoms with Crippen LogP contribution in [0.4, 0.5) is 10.1 Å². The number of carbonyl (C=O) groups excluding carboxylic acids is 1. The molecule has 166 valence electrons. The third-order valence-corrected chi connectivity index (χ3v) is 6.95. The van der Waals surface area contributed by atoms with Crippen LogP contribution in [0.3, 0.4) is 0 Å². The Kier molecular flexibility index (Phi) is 5.50. The molecule has 4 aromatic rings. The number of carbonyl (C=O) groups is 1. The van der Waals surface area contributed by atoms with E-state index in [0.29, 0.717) is 10.9 Å². The van der Waals surface area contributed by atoms with Gasteiger partial charge in [-0.25, -0.2) is 9.37 Å². The van der Waals surface area contributed by atoms with Gasteiger partial charge in [0.15, 0.2) is 5.16 Å². The SMILES string of the molecule is CC(Sc1nc2ccccc2c(=O)n1-c1ccccc1F)C(=O)N1c2ccccc2CC1C. The molecule has 1 aliphatic rings. The van der Waals surface area contributed by atoms with E-state index in [-0.39, 0.29) is 28.4 Å². The fourth-order valence-corrected chi connectivity index (χ4v) is 5.31. The van der Waals surface area contributed by atoms with Crippen LogP contribution in [0.15, 0.2) is 82.7 Å². The van der Waals surface area contributed by atoms with E-state index in [9.17, 15) is 14.0 Å². The van der Waals surface area contributed by atoms with Crippen molar-refractivity contribution in [3.63, 3.8) is 0 Å². The van der Waals surface area contributed by atoms with Crippen molar-refractivity contribution >= 4 is 34.3 Å². The van der Waals surface area contributed by atoms with Crippen molar-refractivity contribution < 1.29 is 9.18 Å². The van der Waals surface area contributed by atoms with Crippen molar-refractivity contribution in [2.75, 3.05) is 4.90 Å². The Morgan fingerprint density at radius 1 is 1.03 bits per heavy atom. The molecule has 0 saturated heterocycles. The quantitative estimate of drug-likeness (QED) is 0.319. The molecule has 2 heterocycles. The van der Waals surface area contributed by atoms with Crippen LogP contribution in [0.25, 0.3) is 16.6 Å². The van der Waals surface area contributed by atoms with Gasteiger partial charge in [0.25, 0.3) is 5.56 Å². The smallest absolute Gasteiger partial charge is 0.266 e. The van der Waals surface area contributed by atoms with Gasteiger partial charge in [-0.2, -0.15) is 0 Å². The molecule has 0 spiro atoms. The van der Waals surface area contributed by atoms with Gasteiger partial charge in [-0.3, -0.25) is 14.2 Å². The first-order chi connectivity index (χ1) is 16.0. The molecule has 0 bridgehead atoms. The Balaban J connectivity index is 1.58. The summed E-state index contributed by atoms with van der Waals surface area (Å²) in [5.41, 5.74) is 2.32. The molecule has 5 nitrogen and oxygen atoms in total. The number of amides is 1. The van der Waals surface area contributed by atoms with Gasteiger partial charge in [0, 0.05) is 11.7 Å². The van der Waals surface area contributed by atoms with E-state index in [0.717, 1.165) is 17.7 Å². The summed E-state index contributed by atoms with van der Waals surface area (Å²) in [5, 5.41) is 0.139. The predicted molar refractivity (Wildman–Crippen MR) is 130 cm³/mol. The predicted octanol–water partition coefficient (Wildman–Crippen LogP) is 4.98. The summed E-state index contributed by atoms with van der Waals surface area (Å²) in [7, 11) is 0. The Hall–Kier alpha value is -3.45. The largest absolute Gasteiger partial charge is 0.308 e. The molecule has 3 aromatic carbocycles. The highest BCUT2D eigenvalue weighted by Gasteiger charge is 2.34. The number of aromatic nitrogens is 2. The summed E-state index contributed by atoms with van der Waals surface area (Å²) in [4.78, 5) is 33.3. The topological polar surface area (TPSA) is 55.2 Å². The van der Waals surface area contributed by atoms with Gasteiger partial charge in [0.2, 0.25) is 5.91 Å². The highest BCUT2D eigenvalue weighted by molar-refractivity contribution is 8.00. The van der Waals surface area contributed by atoms with Crippen molar-refractivity contribution in [2.45, 2.75) is 36.7 Å². The van der Waals surface area contributed by atoms with Crippen molar-refractivity contribution in [3.05, 3.63) is 94.5 Å². The molecular formula is C26H22FN3O2S. The van der Waals surface area contributed by atoms with Gasteiger partial charge in [-0.1, -0.05) is 54.2 Å². The fraction of sp³-hybridized carbons (Fsp3) is 0.192. The first kappa shape index (κ1) is 21.4. The average Bonchev–Trinajstić information content (AvgIpc) is 3.15. The zero-order valence-corrected chi connectivity index (χ0v) is 19.1. The number of anilines is 1. The Labute approximate surface area is 194 Å². The van der Waals surface area contributed by atoms with Crippen LogP contribution in [0.5, 0.6) is 0 Å². The van der Waals surface area contributed by atoms with Gasteiger partial charge >= 0.3 is 0 Å². The van der Waals surface area contributed by atoms with Crippen molar-refractivity contribution in [1.29, 1.82) is 0 Å². The Morgan fingerprint density at radius 3 is 2.48 bits per heavy atom. The van der Waals surface area contributed by atoms with Gasteiger partial charge in [0.05, 0.1) is 21.8 Å². The van der Waals surface area contributed by atoms with Crippen LogP contribution in [0, 0.1) is 5.82 Å². The van der Waals surface area contributed by atoms with E-state index < -0.39 is 11.1 Å². The van der Waals surface area contributed by atoms with E-state index in [1.54, 1.807) is 49.4 Å². The summed E-state index contributed by atoms with van der Waals surface area (Å²) in [5.74, 6) is -0.598. The third-order valence-electron chi connectivity index (χ3n) is 5.91. The molecule has 2 unspecified atom stereocenters. The van der Waals surface area contributed by atoms with Crippen molar-refractivity contribution in [2.24, 2.45) is 0 Å². The molecule has 1 aromatic heterocycles. The highest BCUT2D eigenvalue weighted by Crippen LogP contribution is 2.35. The van der Waals surface area contributed by atoms with Crippen LogP contribution >= 0.6 is 11.8 Å². The molecule has 5 rings (SSSR count). The fourth-order valence-electron chi connectivity index (χ4n) is 4.34. The van der Waals surface area contributed by atoms with Gasteiger partial charge in [-0.05, 0) is 56.2 Å². The van der Waals surface area contributed by atoms with Gasteiger partial charge in [0.1, 0.15) is 5.82 Å². The molecule has 0 fully saturated rings. The minimum atomic E-state index is -0.537. The lowest BCUT2D eigenvalue weighted by Crippen LogP contribution is -2.40. The van der Waals surface area contributed by atoms with E-state index in [1.807, 2.05) is 36.1 Å². The van der Waals surface area contributed by atoms with Gasteiger partial charge in [-0.15, -0.1) is 0 Å².